The summed E-state index contributed by atoms with van der Waals surface area (Å²) < 4.78 is 50.1. The maximum atomic E-state index is 13.3. The Balaban J connectivity index is 3.10. The van der Waals surface area contributed by atoms with Gasteiger partial charge in [0.1, 0.15) is 11.3 Å². The van der Waals surface area contributed by atoms with Crippen molar-refractivity contribution in [2.24, 2.45) is 0 Å². The zero-order valence-corrected chi connectivity index (χ0v) is 13.1. The number of benzene rings is 1. The number of hydrogen-bond donors (Lipinski definition) is 1. The number of alkyl halides is 3. The molecule has 0 aliphatic rings. The highest BCUT2D eigenvalue weighted by Gasteiger charge is 2.36. The van der Waals surface area contributed by atoms with Gasteiger partial charge in [-0.2, -0.15) is 13.2 Å². The topological polar surface area (TPSA) is 68.4 Å². The first-order valence-corrected chi connectivity index (χ1v) is 7.43. The Morgan fingerprint density at radius 2 is 1.96 bits per heavy atom. The molecule has 0 saturated carbocycles. The number of pyridine rings is 1. The fraction of sp³-hybridized carbons (Fsp3) is 0.286. The van der Waals surface area contributed by atoms with Gasteiger partial charge in [0.25, 0.3) is 5.56 Å². The Hall–Kier alpha value is -2.16. The standard InChI is InChI=1S/C14H12F3NO4S/c1-6(19)9-12(22-23-3)10-7(14(15,16)17)4-5-8(21-2)11(10)18-13(9)20/h4-5H,1-3H3,(H,18,20). The molecule has 1 heterocycles. The molecule has 1 aromatic heterocycles. The lowest BCUT2D eigenvalue weighted by molar-refractivity contribution is -0.136. The molecule has 0 radical (unpaired) electrons. The predicted molar refractivity (Wildman–Crippen MR) is 80.3 cm³/mol. The molecule has 2 aromatic rings. The van der Waals surface area contributed by atoms with Gasteiger partial charge in [-0.05, 0) is 19.1 Å². The highest BCUT2D eigenvalue weighted by atomic mass is 32.2. The van der Waals surface area contributed by atoms with Crippen LogP contribution in [0.4, 0.5) is 13.2 Å². The summed E-state index contributed by atoms with van der Waals surface area (Å²) in [6.07, 6.45) is -3.24. The molecule has 0 aliphatic heterocycles. The number of aromatic amines is 1. The summed E-state index contributed by atoms with van der Waals surface area (Å²) in [4.78, 5) is 26.1. The SMILES string of the molecule is COc1ccc(C(F)(F)F)c2c(OSC)c(C(C)=O)c(=O)[nH]c12. The lowest BCUT2D eigenvalue weighted by Gasteiger charge is -2.17. The van der Waals surface area contributed by atoms with Crippen LogP contribution in [0.1, 0.15) is 22.8 Å². The minimum atomic E-state index is -4.70. The maximum absolute atomic E-state index is 13.3. The number of H-pyrrole nitrogens is 1. The van der Waals surface area contributed by atoms with Crippen LogP contribution in [0.15, 0.2) is 16.9 Å². The summed E-state index contributed by atoms with van der Waals surface area (Å²) in [5.74, 6) is -1.09. The minimum absolute atomic E-state index is 0.0335. The first kappa shape index (κ1) is 17.2. The summed E-state index contributed by atoms with van der Waals surface area (Å²) >= 11 is 0.729. The van der Waals surface area contributed by atoms with Crippen LogP contribution in [0, 0.1) is 0 Å². The summed E-state index contributed by atoms with van der Waals surface area (Å²) in [6, 6.07) is 1.91. The van der Waals surface area contributed by atoms with Gasteiger partial charge in [0, 0.05) is 6.26 Å². The zero-order chi connectivity index (χ0) is 17.4. The molecular formula is C14H12F3NO4S. The number of ether oxygens (including phenoxy) is 1. The molecule has 124 valence electrons. The predicted octanol–water partition coefficient (Wildman–Crippen LogP) is 3.41. The molecule has 0 atom stereocenters. The van der Waals surface area contributed by atoms with Crippen LogP contribution in [0.2, 0.25) is 0 Å². The lowest BCUT2D eigenvalue weighted by Crippen LogP contribution is -2.19. The van der Waals surface area contributed by atoms with Crippen molar-refractivity contribution >= 4 is 28.7 Å². The highest BCUT2D eigenvalue weighted by Crippen LogP contribution is 2.42. The Morgan fingerprint density at radius 1 is 1.30 bits per heavy atom. The largest absolute Gasteiger partial charge is 0.495 e. The van der Waals surface area contributed by atoms with Crippen LogP contribution < -0.4 is 14.5 Å². The van der Waals surface area contributed by atoms with Gasteiger partial charge in [-0.25, -0.2) is 0 Å². The third kappa shape index (κ3) is 3.00. The zero-order valence-electron chi connectivity index (χ0n) is 12.3. The molecule has 23 heavy (non-hydrogen) atoms. The average molecular weight is 347 g/mol. The first-order valence-electron chi connectivity index (χ1n) is 6.28. The van der Waals surface area contributed by atoms with Gasteiger partial charge < -0.3 is 13.9 Å². The number of rotatable bonds is 4. The van der Waals surface area contributed by atoms with E-state index in [1.54, 1.807) is 0 Å². The summed E-state index contributed by atoms with van der Waals surface area (Å²) in [5.41, 5.74) is -2.52. The molecule has 0 saturated heterocycles. The van der Waals surface area contributed by atoms with Crippen molar-refractivity contribution in [1.29, 1.82) is 0 Å². The van der Waals surface area contributed by atoms with Crippen molar-refractivity contribution in [2.75, 3.05) is 13.4 Å². The van der Waals surface area contributed by atoms with Crippen LogP contribution in [-0.4, -0.2) is 24.1 Å². The van der Waals surface area contributed by atoms with E-state index in [0.717, 1.165) is 31.1 Å². The summed E-state index contributed by atoms with van der Waals surface area (Å²) in [7, 11) is 1.26. The molecule has 2 rings (SSSR count). The molecule has 0 spiro atoms. The third-order valence-electron chi connectivity index (χ3n) is 3.13. The van der Waals surface area contributed by atoms with E-state index in [9.17, 15) is 22.8 Å². The van der Waals surface area contributed by atoms with Crippen molar-refractivity contribution in [3.05, 3.63) is 33.6 Å². The number of hydrogen-bond acceptors (Lipinski definition) is 5. The average Bonchev–Trinajstić information content (AvgIpc) is 2.44. The molecular weight excluding hydrogens is 335 g/mol. The molecule has 0 unspecified atom stereocenters. The van der Waals surface area contributed by atoms with Crippen LogP contribution in [0.3, 0.4) is 0 Å². The van der Waals surface area contributed by atoms with E-state index < -0.39 is 39.8 Å². The van der Waals surface area contributed by atoms with E-state index >= 15 is 0 Å². The second-order valence-electron chi connectivity index (χ2n) is 4.53. The van der Waals surface area contributed by atoms with Crippen LogP contribution >= 0.6 is 12.0 Å². The highest BCUT2D eigenvalue weighted by molar-refractivity contribution is 7.94. The minimum Gasteiger partial charge on any atom is -0.495 e. The van der Waals surface area contributed by atoms with E-state index in [2.05, 4.69) is 4.98 Å². The Morgan fingerprint density at radius 3 is 2.43 bits per heavy atom. The number of ketones is 1. The van der Waals surface area contributed by atoms with Gasteiger partial charge >= 0.3 is 6.18 Å². The second-order valence-corrected chi connectivity index (χ2v) is 5.03. The summed E-state index contributed by atoms with van der Waals surface area (Å²) in [5, 5.41) is -0.420. The van der Waals surface area contributed by atoms with Crippen LogP contribution in [0.25, 0.3) is 10.9 Å². The molecule has 9 heteroatoms. The molecule has 0 aliphatic carbocycles. The number of methoxy groups -OCH3 is 1. The Bertz CT molecular complexity index is 829. The van der Waals surface area contributed by atoms with Crippen molar-refractivity contribution < 1.29 is 26.9 Å². The molecule has 1 aromatic carbocycles. The van der Waals surface area contributed by atoms with Gasteiger partial charge in [-0.1, -0.05) is 0 Å². The second kappa shape index (κ2) is 6.15. The Labute approximate surface area is 133 Å². The number of carbonyl (C=O) groups excluding carboxylic acids is 1. The van der Waals surface area contributed by atoms with Crippen molar-refractivity contribution in [3.63, 3.8) is 0 Å². The smallest absolute Gasteiger partial charge is 0.417 e. The van der Waals surface area contributed by atoms with Gasteiger partial charge in [-0.15, -0.1) is 0 Å². The molecule has 0 bridgehead atoms. The fourth-order valence-corrected chi connectivity index (χ4v) is 2.57. The quantitative estimate of drug-likeness (QED) is 0.678. The van der Waals surface area contributed by atoms with Gasteiger partial charge in [0.05, 0.1) is 35.6 Å². The van der Waals surface area contributed by atoms with Crippen LogP contribution in [-0.2, 0) is 6.18 Å². The van der Waals surface area contributed by atoms with Crippen molar-refractivity contribution in [3.8, 4) is 11.5 Å². The first-order chi connectivity index (χ1) is 10.7. The lowest BCUT2D eigenvalue weighted by atomic mass is 10.0. The fourth-order valence-electron chi connectivity index (χ4n) is 2.24. The number of fused-ring (bicyclic) bond motifs is 1. The number of Topliss-reactive ketones (excluding diaryl/α,β-unsaturated/α-hetero) is 1. The van der Waals surface area contributed by atoms with E-state index in [1.807, 2.05) is 0 Å². The Kier molecular flexibility index (Phi) is 4.60. The van der Waals surface area contributed by atoms with E-state index in [0.29, 0.717) is 0 Å². The van der Waals surface area contributed by atoms with Crippen molar-refractivity contribution in [1.82, 2.24) is 4.98 Å². The number of halogens is 3. The third-order valence-corrected chi connectivity index (χ3v) is 3.46. The normalized spacial score (nSPS) is 11.6. The van der Waals surface area contributed by atoms with E-state index in [4.69, 9.17) is 8.92 Å². The van der Waals surface area contributed by atoms with E-state index in [-0.39, 0.29) is 11.3 Å². The van der Waals surface area contributed by atoms with Crippen molar-refractivity contribution in [2.45, 2.75) is 13.1 Å². The summed E-state index contributed by atoms with van der Waals surface area (Å²) in [6.45, 7) is 1.08. The number of nitrogens with one attached hydrogen (secondary N) is 1. The van der Waals surface area contributed by atoms with E-state index in [1.165, 1.54) is 13.4 Å². The number of aromatic nitrogens is 1. The molecule has 0 amide bonds. The maximum Gasteiger partial charge on any atom is 0.417 e. The van der Waals surface area contributed by atoms with Gasteiger partial charge in [0.2, 0.25) is 0 Å². The molecule has 5 nitrogen and oxygen atoms in total. The van der Waals surface area contributed by atoms with Gasteiger partial charge in [0.15, 0.2) is 11.5 Å². The van der Waals surface area contributed by atoms with Gasteiger partial charge in [-0.3, -0.25) is 9.59 Å². The molecule has 1 N–H and O–H groups in total. The number of carbonyl (C=O) groups is 1. The molecule has 0 fully saturated rings. The van der Waals surface area contributed by atoms with Crippen LogP contribution in [0.5, 0.6) is 11.5 Å². The monoisotopic (exact) mass is 347 g/mol.